The lowest BCUT2D eigenvalue weighted by molar-refractivity contribution is 0.00426. The van der Waals surface area contributed by atoms with Gasteiger partial charge in [-0.1, -0.05) is 19.1 Å². The molecule has 0 atom stereocenters. The molecule has 0 aliphatic heterocycles. The highest BCUT2D eigenvalue weighted by atomic mass is 16.3. The number of rotatable bonds is 2. The fourth-order valence-corrected chi connectivity index (χ4v) is 2.62. The van der Waals surface area contributed by atoms with Crippen LogP contribution < -0.4 is 0 Å². The van der Waals surface area contributed by atoms with E-state index in [4.69, 9.17) is 0 Å². The molecule has 1 fully saturated rings. The highest BCUT2D eigenvalue weighted by molar-refractivity contribution is 6.02. The van der Waals surface area contributed by atoms with Crippen molar-refractivity contribution in [3.05, 3.63) is 34.9 Å². The van der Waals surface area contributed by atoms with Crippen molar-refractivity contribution in [2.24, 2.45) is 5.92 Å². The van der Waals surface area contributed by atoms with Crippen LogP contribution in [0.4, 0.5) is 0 Å². The van der Waals surface area contributed by atoms with E-state index in [0.29, 0.717) is 24.3 Å². The molecule has 0 unspecified atom stereocenters. The largest absolute Gasteiger partial charge is 0.382 e. The monoisotopic (exact) mass is 246 g/mol. The number of benzene rings is 1. The molecule has 1 aromatic rings. The molecule has 1 aliphatic rings. The summed E-state index contributed by atoms with van der Waals surface area (Å²) in [6, 6.07) is 5.69. The maximum absolute atomic E-state index is 12.4. The van der Waals surface area contributed by atoms with Crippen molar-refractivity contribution in [1.82, 2.24) is 0 Å². The maximum atomic E-state index is 12.4. The molecule has 0 amide bonds. The van der Waals surface area contributed by atoms with Gasteiger partial charge in [0.05, 0.1) is 0 Å². The third kappa shape index (κ3) is 2.49. The molecule has 0 aromatic heterocycles. The number of aliphatic hydroxyl groups is 1. The predicted octanol–water partition coefficient (Wildman–Crippen LogP) is 3.43. The minimum absolute atomic E-state index is 0.0995. The lowest BCUT2D eigenvalue weighted by Crippen LogP contribution is -2.41. The molecule has 2 nitrogen and oxygen atoms in total. The zero-order valence-electron chi connectivity index (χ0n) is 11.5. The second kappa shape index (κ2) is 4.85. The fraction of sp³-hybridized carbons (Fsp3) is 0.562. The minimum Gasteiger partial charge on any atom is -0.382 e. The smallest absolute Gasteiger partial charge is 0.194 e. The Labute approximate surface area is 109 Å². The third-order valence-electron chi connectivity index (χ3n) is 4.29. The summed E-state index contributed by atoms with van der Waals surface area (Å²) in [5.41, 5.74) is 1.80. The van der Waals surface area contributed by atoms with Gasteiger partial charge in [0, 0.05) is 5.56 Å². The van der Waals surface area contributed by atoms with E-state index >= 15 is 0 Å². The van der Waals surface area contributed by atoms with Gasteiger partial charge in [0.2, 0.25) is 0 Å². The molecular formula is C16H22O2. The lowest BCUT2D eigenvalue weighted by Gasteiger charge is -2.33. The molecule has 1 N–H and O–H groups in total. The van der Waals surface area contributed by atoms with Gasteiger partial charge in [-0.15, -0.1) is 0 Å². The van der Waals surface area contributed by atoms with Crippen LogP contribution >= 0.6 is 0 Å². The molecule has 98 valence electrons. The molecule has 1 aromatic carbocycles. The Morgan fingerprint density at radius 1 is 1.22 bits per heavy atom. The Morgan fingerprint density at radius 3 is 2.39 bits per heavy atom. The van der Waals surface area contributed by atoms with E-state index in [9.17, 15) is 9.90 Å². The van der Waals surface area contributed by atoms with Crippen LogP contribution in [0, 0.1) is 19.8 Å². The summed E-state index contributed by atoms with van der Waals surface area (Å²) in [5, 5.41) is 10.5. The van der Waals surface area contributed by atoms with Crippen LogP contribution in [-0.2, 0) is 0 Å². The number of carbonyl (C=O) groups excluding carboxylic acids is 1. The van der Waals surface area contributed by atoms with Crippen LogP contribution in [0.2, 0.25) is 0 Å². The predicted molar refractivity (Wildman–Crippen MR) is 72.8 cm³/mol. The number of Topliss-reactive ketones (excluding diaryl/α,β-unsaturated/α-hetero) is 1. The van der Waals surface area contributed by atoms with E-state index in [1.807, 2.05) is 32.0 Å². The molecule has 0 bridgehead atoms. The first-order valence-electron chi connectivity index (χ1n) is 6.77. The van der Waals surface area contributed by atoms with Crippen LogP contribution in [-0.4, -0.2) is 16.5 Å². The van der Waals surface area contributed by atoms with Crippen molar-refractivity contribution in [3.63, 3.8) is 0 Å². The van der Waals surface area contributed by atoms with Gasteiger partial charge < -0.3 is 5.11 Å². The summed E-state index contributed by atoms with van der Waals surface area (Å²) in [6.07, 6.45) is 3.07. The van der Waals surface area contributed by atoms with Crippen LogP contribution in [0.1, 0.15) is 54.1 Å². The van der Waals surface area contributed by atoms with Crippen LogP contribution in [0.5, 0.6) is 0 Å². The normalized spacial score (nSPS) is 28.1. The van der Waals surface area contributed by atoms with Crippen molar-refractivity contribution in [1.29, 1.82) is 0 Å². The zero-order valence-corrected chi connectivity index (χ0v) is 11.5. The molecule has 0 spiro atoms. The third-order valence-corrected chi connectivity index (χ3v) is 4.29. The van der Waals surface area contributed by atoms with Crippen molar-refractivity contribution < 1.29 is 9.90 Å². The Morgan fingerprint density at radius 2 is 1.83 bits per heavy atom. The summed E-state index contributed by atoms with van der Waals surface area (Å²) >= 11 is 0. The SMILES string of the molecule is Cc1ccc(C(=O)C2(O)CCC(C)CC2)cc1C. The Hall–Kier alpha value is -1.15. The van der Waals surface area contributed by atoms with Crippen LogP contribution in [0.15, 0.2) is 18.2 Å². The van der Waals surface area contributed by atoms with Gasteiger partial charge in [-0.05, 0) is 62.6 Å². The summed E-state index contributed by atoms with van der Waals surface area (Å²) in [6.45, 7) is 6.21. The highest BCUT2D eigenvalue weighted by Gasteiger charge is 2.39. The standard InChI is InChI=1S/C16H22O2/c1-11-6-8-16(18,9-7-11)15(17)14-5-4-12(2)13(3)10-14/h4-5,10-11,18H,6-9H2,1-3H3. The Bertz CT molecular complexity index is 454. The van der Waals surface area contributed by atoms with E-state index in [2.05, 4.69) is 6.92 Å². The van der Waals surface area contributed by atoms with Crippen LogP contribution in [0.3, 0.4) is 0 Å². The second-order valence-corrected chi connectivity index (χ2v) is 5.84. The van der Waals surface area contributed by atoms with E-state index in [0.717, 1.165) is 18.4 Å². The van der Waals surface area contributed by atoms with Gasteiger partial charge in [-0.25, -0.2) is 0 Å². The molecule has 2 heteroatoms. The second-order valence-electron chi connectivity index (χ2n) is 5.84. The van der Waals surface area contributed by atoms with E-state index < -0.39 is 5.60 Å². The molecule has 0 heterocycles. The number of hydrogen-bond acceptors (Lipinski definition) is 2. The van der Waals surface area contributed by atoms with Crippen molar-refractivity contribution in [2.75, 3.05) is 0 Å². The molecule has 0 radical (unpaired) electrons. The van der Waals surface area contributed by atoms with Gasteiger partial charge >= 0.3 is 0 Å². The van der Waals surface area contributed by atoms with Gasteiger partial charge in [0.1, 0.15) is 5.60 Å². The summed E-state index contributed by atoms with van der Waals surface area (Å²) < 4.78 is 0. The maximum Gasteiger partial charge on any atom is 0.194 e. The average Bonchev–Trinajstić information content (AvgIpc) is 2.36. The first-order chi connectivity index (χ1) is 8.42. The first-order valence-corrected chi connectivity index (χ1v) is 6.77. The summed E-state index contributed by atoms with van der Waals surface area (Å²) in [4.78, 5) is 12.4. The quantitative estimate of drug-likeness (QED) is 0.812. The highest BCUT2D eigenvalue weighted by Crippen LogP contribution is 2.34. The Kier molecular flexibility index (Phi) is 3.58. The Balaban J connectivity index is 2.22. The fourth-order valence-electron chi connectivity index (χ4n) is 2.62. The number of aryl methyl sites for hydroxylation is 2. The molecule has 1 aliphatic carbocycles. The molecular weight excluding hydrogens is 224 g/mol. The summed E-state index contributed by atoms with van der Waals surface area (Å²) in [5.74, 6) is 0.523. The first kappa shape index (κ1) is 13.3. The van der Waals surface area contributed by atoms with Crippen molar-refractivity contribution in [3.8, 4) is 0 Å². The molecule has 0 saturated heterocycles. The molecule has 18 heavy (non-hydrogen) atoms. The number of carbonyl (C=O) groups is 1. The van der Waals surface area contributed by atoms with E-state index in [1.165, 1.54) is 5.56 Å². The molecule has 2 rings (SSSR count). The summed E-state index contributed by atoms with van der Waals surface area (Å²) in [7, 11) is 0. The minimum atomic E-state index is -1.13. The van der Waals surface area contributed by atoms with Gasteiger partial charge in [0.15, 0.2) is 5.78 Å². The van der Waals surface area contributed by atoms with E-state index in [-0.39, 0.29) is 5.78 Å². The number of hydrogen-bond donors (Lipinski definition) is 1. The topological polar surface area (TPSA) is 37.3 Å². The number of ketones is 1. The average molecular weight is 246 g/mol. The van der Waals surface area contributed by atoms with Crippen LogP contribution in [0.25, 0.3) is 0 Å². The molecule has 1 saturated carbocycles. The van der Waals surface area contributed by atoms with Crippen molar-refractivity contribution >= 4 is 5.78 Å². The lowest BCUT2D eigenvalue weighted by atomic mass is 9.75. The van der Waals surface area contributed by atoms with Crippen molar-refractivity contribution in [2.45, 2.75) is 52.1 Å². The zero-order chi connectivity index (χ0) is 13.3. The van der Waals surface area contributed by atoms with Gasteiger partial charge in [-0.3, -0.25) is 4.79 Å². The van der Waals surface area contributed by atoms with Gasteiger partial charge in [-0.2, -0.15) is 0 Å². The van der Waals surface area contributed by atoms with E-state index in [1.54, 1.807) is 0 Å². The van der Waals surface area contributed by atoms with Gasteiger partial charge in [0.25, 0.3) is 0 Å².